The van der Waals surface area contributed by atoms with E-state index in [1.54, 1.807) is 12.0 Å². The van der Waals surface area contributed by atoms with Crippen LogP contribution in [0.15, 0.2) is 48.5 Å². The second-order valence-electron chi connectivity index (χ2n) is 10.0. The summed E-state index contributed by atoms with van der Waals surface area (Å²) in [6.45, 7) is 2.48. The molecule has 2 N–H and O–H groups in total. The van der Waals surface area contributed by atoms with E-state index < -0.39 is 7.82 Å². The van der Waals surface area contributed by atoms with E-state index in [-0.39, 0.29) is 19.1 Å². The number of aryl methyl sites for hydroxylation is 1. The third kappa shape index (κ3) is 10.6. The van der Waals surface area contributed by atoms with Crippen LogP contribution in [-0.2, 0) is 26.8 Å². The van der Waals surface area contributed by atoms with Gasteiger partial charge in [-0.05, 0) is 66.3 Å². The highest BCUT2D eigenvalue weighted by Crippen LogP contribution is 2.50. The molecule has 1 aliphatic rings. The fraction of sp³-hybridized carbons (Fsp3) is 0.552. The standard InChI is InChI=1S/C29H42NO6P/c1-3-4-5-6-7-8-23-9-13-25(14-10-23)28-21-26(28)15-18-29(31)30(19-20-36-37(32,33)34)22-24-11-16-27(35-2)17-12-24/h9-14,16-17,26,28H,3-8,15,18-22H2,1-2H3,(H2,32,33,34)/t26-,28-/m1/s1. The number of rotatable bonds is 17. The highest BCUT2D eigenvalue weighted by Gasteiger charge is 2.38. The van der Waals surface area contributed by atoms with E-state index >= 15 is 0 Å². The number of phosphoric ester groups is 1. The minimum atomic E-state index is -4.58. The molecule has 2 aromatic carbocycles. The van der Waals surface area contributed by atoms with Crippen LogP contribution >= 0.6 is 7.82 Å². The second-order valence-corrected chi connectivity index (χ2v) is 11.3. The van der Waals surface area contributed by atoms with Gasteiger partial charge in [-0.3, -0.25) is 9.32 Å². The first-order valence-corrected chi connectivity index (χ1v) is 15.0. The van der Waals surface area contributed by atoms with E-state index in [9.17, 15) is 9.36 Å². The van der Waals surface area contributed by atoms with Crippen molar-refractivity contribution >= 4 is 13.7 Å². The predicted molar refractivity (Wildman–Crippen MR) is 145 cm³/mol. The summed E-state index contributed by atoms with van der Waals surface area (Å²) in [5, 5.41) is 0. The minimum absolute atomic E-state index is 0.0331. The van der Waals surface area contributed by atoms with E-state index in [2.05, 4.69) is 35.7 Å². The summed E-state index contributed by atoms with van der Waals surface area (Å²) in [7, 11) is -2.98. The number of methoxy groups -OCH3 is 1. The average Bonchev–Trinajstić information content (AvgIpc) is 3.66. The van der Waals surface area contributed by atoms with Crippen molar-refractivity contribution in [2.75, 3.05) is 20.3 Å². The molecular formula is C29H42NO6P. The lowest BCUT2D eigenvalue weighted by atomic mass is 10.0. The predicted octanol–water partition coefficient (Wildman–Crippen LogP) is 6.23. The van der Waals surface area contributed by atoms with Gasteiger partial charge in [0.25, 0.3) is 0 Å². The molecule has 0 heterocycles. The molecule has 0 bridgehead atoms. The highest BCUT2D eigenvalue weighted by atomic mass is 31.2. The number of amides is 1. The lowest BCUT2D eigenvalue weighted by molar-refractivity contribution is -0.132. The number of phosphoric acid groups is 1. The minimum Gasteiger partial charge on any atom is -0.497 e. The maximum Gasteiger partial charge on any atom is 0.469 e. The van der Waals surface area contributed by atoms with Crippen molar-refractivity contribution in [3.8, 4) is 5.75 Å². The number of benzene rings is 2. The molecule has 2 aromatic rings. The number of hydrogen-bond acceptors (Lipinski definition) is 4. The number of hydrogen-bond donors (Lipinski definition) is 2. The molecule has 0 saturated heterocycles. The second kappa shape index (κ2) is 14.7. The summed E-state index contributed by atoms with van der Waals surface area (Å²) >= 11 is 0. The van der Waals surface area contributed by atoms with Gasteiger partial charge < -0.3 is 19.4 Å². The molecule has 1 amide bonds. The molecule has 1 aliphatic carbocycles. The van der Waals surface area contributed by atoms with Crippen LogP contribution in [0.4, 0.5) is 0 Å². The van der Waals surface area contributed by atoms with Crippen LogP contribution in [0.1, 0.15) is 80.9 Å². The van der Waals surface area contributed by atoms with Crippen LogP contribution in [0.3, 0.4) is 0 Å². The Balaban J connectivity index is 1.47. The van der Waals surface area contributed by atoms with Crippen LogP contribution in [-0.4, -0.2) is 40.9 Å². The molecule has 0 radical (unpaired) electrons. The van der Waals surface area contributed by atoms with Gasteiger partial charge in [0.05, 0.1) is 13.7 Å². The largest absolute Gasteiger partial charge is 0.497 e. The molecule has 1 fully saturated rings. The van der Waals surface area contributed by atoms with E-state index in [1.165, 1.54) is 43.2 Å². The summed E-state index contributed by atoms with van der Waals surface area (Å²) in [6, 6.07) is 16.4. The third-order valence-corrected chi connectivity index (χ3v) is 7.65. The van der Waals surface area contributed by atoms with Crippen LogP contribution in [0.25, 0.3) is 0 Å². The summed E-state index contributed by atoms with van der Waals surface area (Å²) in [5.41, 5.74) is 3.68. The number of nitrogens with zero attached hydrogens (tertiary/aromatic N) is 1. The SMILES string of the molecule is CCCCCCCc1ccc([C@H]2C[C@H]2CCC(=O)N(CCOP(=O)(O)O)Cc2ccc(OC)cc2)cc1. The first-order valence-electron chi connectivity index (χ1n) is 13.5. The zero-order chi connectivity index (χ0) is 26.7. The Morgan fingerprint density at radius 1 is 1.00 bits per heavy atom. The average molecular weight is 532 g/mol. The van der Waals surface area contributed by atoms with E-state index in [0.717, 1.165) is 30.6 Å². The van der Waals surface area contributed by atoms with Crippen molar-refractivity contribution in [2.24, 2.45) is 5.92 Å². The van der Waals surface area contributed by atoms with Crippen molar-refractivity contribution in [2.45, 2.75) is 77.2 Å². The zero-order valence-electron chi connectivity index (χ0n) is 22.2. The monoisotopic (exact) mass is 531 g/mol. The number of unbranched alkanes of at least 4 members (excludes halogenated alkanes) is 4. The van der Waals surface area contributed by atoms with Gasteiger partial charge in [0.1, 0.15) is 5.75 Å². The molecule has 204 valence electrons. The molecule has 3 rings (SSSR count). The van der Waals surface area contributed by atoms with Crippen molar-refractivity contribution in [1.29, 1.82) is 0 Å². The lowest BCUT2D eigenvalue weighted by Crippen LogP contribution is -2.33. The molecule has 0 aliphatic heterocycles. The Morgan fingerprint density at radius 2 is 1.68 bits per heavy atom. The van der Waals surface area contributed by atoms with E-state index in [4.69, 9.17) is 14.5 Å². The Labute approximate surface area is 221 Å². The zero-order valence-corrected chi connectivity index (χ0v) is 23.1. The van der Waals surface area contributed by atoms with Crippen molar-refractivity contribution in [1.82, 2.24) is 4.90 Å². The van der Waals surface area contributed by atoms with Gasteiger partial charge in [-0.25, -0.2) is 4.57 Å². The Morgan fingerprint density at radius 3 is 2.32 bits per heavy atom. The van der Waals surface area contributed by atoms with Crippen molar-refractivity contribution in [3.63, 3.8) is 0 Å². The van der Waals surface area contributed by atoms with Crippen LogP contribution in [0.2, 0.25) is 0 Å². The Hall–Kier alpha value is -2.18. The molecular weight excluding hydrogens is 489 g/mol. The van der Waals surface area contributed by atoms with Gasteiger partial charge in [0, 0.05) is 19.5 Å². The van der Waals surface area contributed by atoms with E-state index in [0.29, 0.717) is 24.8 Å². The molecule has 37 heavy (non-hydrogen) atoms. The van der Waals surface area contributed by atoms with E-state index in [1.807, 2.05) is 24.3 Å². The van der Waals surface area contributed by atoms with Crippen molar-refractivity contribution < 1.29 is 28.4 Å². The maximum atomic E-state index is 13.1. The maximum absolute atomic E-state index is 13.1. The van der Waals surface area contributed by atoms with Crippen molar-refractivity contribution in [3.05, 3.63) is 65.2 Å². The quantitative estimate of drug-likeness (QED) is 0.186. The van der Waals surface area contributed by atoms with Gasteiger partial charge in [-0.15, -0.1) is 0 Å². The fourth-order valence-electron chi connectivity index (χ4n) is 4.82. The van der Waals surface area contributed by atoms with Gasteiger partial charge >= 0.3 is 7.82 Å². The molecule has 2 atom stereocenters. The molecule has 0 aromatic heterocycles. The van der Waals surface area contributed by atoms with Crippen LogP contribution < -0.4 is 4.74 Å². The fourth-order valence-corrected chi connectivity index (χ4v) is 5.14. The summed E-state index contributed by atoms with van der Waals surface area (Å²) < 4.78 is 20.9. The van der Waals surface area contributed by atoms with Gasteiger partial charge in [0.15, 0.2) is 0 Å². The summed E-state index contributed by atoms with van der Waals surface area (Å²) in [5.74, 6) is 1.71. The Kier molecular flexibility index (Phi) is 11.7. The van der Waals surface area contributed by atoms with Gasteiger partial charge in [-0.2, -0.15) is 0 Å². The number of carbonyl (C=O) groups is 1. The molecule has 0 unspecified atom stereocenters. The lowest BCUT2D eigenvalue weighted by Gasteiger charge is -2.23. The normalized spacial score (nSPS) is 17.0. The van der Waals surface area contributed by atoms with Gasteiger partial charge in [-0.1, -0.05) is 69.0 Å². The first-order chi connectivity index (χ1) is 17.8. The topological polar surface area (TPSA) is 96.3 Å². The number of carbonyl (C=O) groups excluding carboxylic acids is 1. The number of ether oxygens (including phenoxy) is 1. The summed E-state index contributed by atoms with van der Waals surface area (Å²) in [6.07, 6.45) is 9.93. The molecule has 0 spiro atoms. The first kappa shape index (κ1) is 29.4. The Bertz CT molecular complexity index is 1000. The van der Waals surface area contributed by atoms with Gasteiger partial charge in [0.2, 0.25) is 5.91 Å². The third-order valence-electron chi connectivity index (χ3n) is 7.13. The summed E-state index contributed by atoms with van der Waals surface area (Å²) in [4.78, 5) is 32.7. The molecule has 8 heteroatoms. The highest BCUT2D eigenvalue weighted by molar-refractivity contribution is 7.46. The molecule has 7 nitrogen and oxygen atoms in total. The van der Waals surface area contributed by atoms with Crippen LogP contribution in [0, 0.1) is 5.92 Å². The van der Waals surface area contributed by atoms with Crippen LogP contribution in [0.5, 0.6) is 5.75 Å². The smallest absolute Gasteiger partial charge is 0.469 e. The molecule has 1 saturated carbocycles.